The van der Waals surface area contributed by atoms with Gasteiger partial charge in [-0.15, -0.1) is 0 Å². The van der Waals surface area contributed by atoms with Gasteiger partial charge in [0.15, 0.2) is 6.54 Å². The summed E-state index contributed by atoms with van der Waals surface area (Å²) in [6, 6.07) is 8.28. The van der Waals surface area contributed by atoms with E-state index in [1.165, 1.54) is 4.90 Å². The molecule has 1 unspecified atom stereocenters. The summed E-state index contributed by atoms with van der Waals surface area (Å²) in [5.74, 6) is 1.50. The van der Waals surface area contributed by atoms with Crippen LogP contribution in [0.4, 0.5) is 0 Å². The van der Waals surface area contributed by atoms with Gasteiger partial charge in [0.1, 0.15) is 23.1 Å². The zero-order chi connectivity index (χ0) is 19.3. The Bertz CT molecular complexity index is 683. The molecule has 6 nitrogen and oxygen atoms in total. The molecule has 1 fully saturated rings. The maximum absolute atomic E-state index is 12.6. The van der Waals surface area contributed by atoms with Gasteiger partial charge in [-0.05, 0) is 25.0 Å². The van der Waals surface area contributed by atoms with E-state index in [1.54, 1.807) is 21.1 Å². The van der Waals surface area contributed by atoms with Crippen molar-refractivity contribution in [1.29, 1.82) is 5.26 Å². The lowest BCUT2D eigenvalue weighted by atomic mass is 9.90. The number of rotatable bonds is 7. The average Bonchev–Trinajstić information content (AvgIpc) is 3.08. The molecule has 1 aromatic carbocycles. The molecular formula is C20H30N3O3+. The maximum atomic E-state index is 12.6. The van der Waals surface area contributed by atoms with Crippen LogP contribution in [-0.2, 0) is 4.79 Å². The van der Waals surface area contributed by atoms with Gasteiger partial charge in [0, 0.05) is 18.9 Å². The van der Waals surface area contributed by atoms with E-state index in [1.807, 2.05) is 32.0 Å². The molecule has 2 N–H and O–H groups in total. The van der Waals surface area contributed by atoms with Crippen molar-refractivity contribution < 1.29 is 19.2 Å². The van der Waals surface area contributed by atoms with Crippen LogP contribution in [0, 0.1) is 17.2 Å². The van der Waals surface area contributed by atoms with Gasteiger partial charge < -0.3 is 19.7 Å². The number of carbonyl (C=O) groups is 1. The molecule has 3 atom stereocenters. The van der Waals surface area contributed by atoms with Crippen molar-refractivity contribution in [3.63, 3.8) is 0 Å². The van der Waals surface area contributed by atoms with E-state index in [9.17, 15) is 10.1 Å². The van der Waals surface area contributed by atoms with Crippen LogP contribution in [0.2, 0.25) is 0 Å². The van der Waals surface area contributed by atoms with Gasteiger partial charge in [-0.3, -0.25) is 4.79 Å². The van der Waals surface area contributed by atoms with Crippen LogP contribution in [0.3, 0.4) is 0 Å². The third kappa shape index (κ3) is 4.28. The number of nitrogens with zero attached hydrogens (tertiary/aromatic N) is 1. The van der Waals surface area contributed by atoms with Crippen LogP contribution in [0.1, 0.15) is 45.2 Å². The summed E-state index contributed by atoms with van der Waals surface area (Å²) in [6.07, 6.45) is 2.06. The molecule has 2 rings (SSSR count). The summed E-state index contributed by atoms with van der Waals surface area (Å²) in [7, 11) is 3.29. The normalized spacial score (nSPS) is 21.7. The van der Waals surface area contributed by atoms with Crippen molar-refractivity contribution in [3.8, 4) is 17.6 Å². The Labute approximate surface area is 156 Å². The smallest absolute Gasteiger partial charge is 0.276 e. The van der Waals surface area contributed by atoms with Crippen molar-refractivity contribution in [2.75, 3.05) is 27.3 Å². The van der Waals surface area contributed by atoms with Crippen molar-refractivity contribution >= 4 is 5.91 Å². The second-order valence-electron chi connectivity index (χ2n) is 7.40. The third-order valence-corrected chi connectivity index (χ3v) is 5.47. The predicted octanol–water partition coefficient (Wildman–Crippen LogP) is 1.48. The molecule has 0 aliphatic carbocycles. The first-order chi connectivity index (χ1) is 12.3. The minimum atomic E-state index is -0.844. The molecule has 0 bridgehead atoms. The van der Waals surface area contributed by atoms with Gasteiger partial charge in [-0.25, -0.2) is 0 Å². The standard InChI is InChI=1S/C20H29N3O3/c1-14(2)20(3,13-21)22-19(24)12-23-10-6-7-17(23)16-9-8-15(25-4)11-18(16)26-5/h8-9,11,14,17H,6-7,10,12H2,1-5H3,(H,22,24)/p+1/t17-,20+/m1/s1. The Balaban J connectivity index is 2.14. The van der Waals surface area contributed by atoms with E-state index in [2.05, 4.69) is 11.4 Å². The van der Waals surface area contributed by atoms with Crippen molar-refractivity contribution in [1.82, 2.24) is 5.32 Å². The van der Waals surface area contributed by atoms with Gasteiger partial charge in [-0.2, -0.15) is 5.26 Å². The monoisotopic (exact) mass is 360 g/mol. The minimum absolute atomic E-state index is 0.0440. The summed E-state index contributed by atoms with van der Waals surface area (Å²) < 4.78 is 10.8. The van der Waals surface area contributed by atoms with Gasteiger partial charge in [-0.1, -0.05) is 13.8 Å². The Hall–Kier alpha value is -2.26. The summed E-state index contributed by atoms with van der Waals surface area (Å²) in [5.41, 5.74) is 0.254. The lowest BCUT2D eigenvalue weighted by molar-refractivity contribution is -0.910. The molecule has 0 radical (unpaired) electrons. The highest BCUT2D eigenvalue weighted by Crippen LogP contribution is 2.31. The molecule has 1 aliphatic heterocycles. The van der Waals surface area contributed by atoms with Gasteiger partial charge in [0.05, 0.1) is 32.4 Å². The average molecular weight is 360 g/mol. The molecule has 1 aromatic rings. The Morgan fingerprint density at radius 2 is 2.15 bits per heavy atom. The molecule has 0 aromatic heterocycles. The zero-order valence-electron chi connectivity index (χ0n) is 16.4. The predicted molar refractivity (Wildman–Crippen MR) is 99.2 cm³/mol. The number of hydrogen-bond donors (Lipinski definition) is 2. The number of benzene rings is 1. The van der Waals surface area contributed by atoms with E-state index in [0.717, 1.165) is 36.4 Å². The first kappa shape index (κ1) is 20.1. The van der Waals surface area contributed by atoms with Crippen LogP contribution < -0.4 is 19.7 Å². The SMILES string of the molecule is COc1ccc([C@H]2CCC[NH+]2CC(=O)N[C@@](C)(C#N)C(C)C)c(OC)c1. The number of ether oxygens (including phenoxy) is 2. The van der Waals surface area contributed by atoms with Crippen molar-refractivity contribution in [2.24, 2.45) is 5.92 Å². The van der Waals surface area contributed by atoms with Crippen molar-refractivity contribution in [2.45, 2.75) is 45.2 Å². The second-order valence-corrected chi connectivity index (χ2v) is 7.40. The maximum Gasteiger partial charge on any atom is 0.276 e. The fourth-order valence-electron chi connectivity index (χ4n) is 3.45. The van der Waals surface area contributed by atoms with E-state index in [-0.39, 0.29) is 17.9 Å². The molecule has 1 amide bonds. The van der Waals surface area contributed by atoms with E-state index < -0.39 is 5.54 Å². The Kier molecular flexibility index (Phi) is 6.49. The number of likely N-dealkylation sites (tertiary alicyclic amines) is 1. The Morgan fingerprint density at radius 1 is 1.42 bits per heavy atom. The number of nitrogens with one attached hydrogen (secondary N) is 2. The molecule has 1 aliphatic rings. The highest BCUT2D eigenvalue weighted by molar-refractivity contribution is 5.78. The highest BCUT2D eigenvalue weighted by atomic mass is 16.5. The lowest BCUT2D eigenvalue weighted by Crippen LogP contribution is -3.11. The minimum Gasteiger partial charge on any atom is -0.497 e. The molecule has 1 saturated heterocycles. The van der Waals surface area contributed by atoms with Crippen molar-refractivity contribution in [3.05, 3.63) is 23.8 Å². The molecule has 1 heterocycles. The number of carbonyl (C=O) groups excluding carboxylic acids is 1. The van der Waals surface area contributed by atoms with E-state index >= 15 is 0 Å². The van der Waals surface area contributed by atoms with Gasteiger partial charge in [0.2, 0.25) is 0 Å². The van der Waals surface area contributed by atoms with Crippen LogP contribution >= 0.6 is 0 Å². The highest BCUT2D eigenvalue weighted by Gasteiger charge is 2.36. The summed E-state index contributed by atoms with van der Waals surface area (Å²) in [5, 5.41) is 12.3. The number of quaternary nitrogens is 1. The van der Waals surface area contributed by atoms with Crippen LogP contribution in [0.5, 0.6) is 11.5 Å². The molecule has 0 saturated carbocycles. The summed E-state index contributed by atoms with van der Waals surface area (Å²) in [6.45, 7) is 6.94. The van der Waals surface area contributed by atoms with Gasteiger partial charge in [0.25, 0.3) is 5.91 Å². The fraction of sp³-hybridized carbons (Fsp3) is 0.600. The fourth-order valence-corrected chi connectivity index (χ4v) is 3.45. The molecule has 142 valence electrons. The van der Waals surface area contributed by atoms with Gasteiger partial charge >= 0.3 is 0 Å². The summed E-state index contributed by atoms with van der Waals surface area (Å²) in [4.78, 5) is 13.8. The Morgan fingerprint density at radius 3 is 2.73 bits per heavy atom. The molecular weight excluding hydrogens is 330 g/mol. The summed E-state index contributed by atoms with van der Waals surface area (Å²) >= 11 is 0. The zero-order valence-corrected chi connectivity index (χ0v) is 16.4. The topological polar surface area (TPSA) is 75.8 Å². The van der Waals surface area contributed by atoms with E-state index in [4.69, 9.17) is 9.47 Å². The second kappa shape index (κ2) is 8.41. The number of hydrogen-bond acceptors (Lipinski definition) is 4. The quantitative estimate of drug-likeness (QED) is 0.772. The number of nitriles is 1. The first-order valence-corrected chi connectivity index (χ1v) is 9.13. The molecule has 0 spiro atoms. The molecule has 26 heavy (non-hydrogen) atoms. The van der Waals surface area contributed by atoms with Crippen LogP contribution in [0.15, 0.2) is 18.2 Å². The first-order valence-electron chi connectivity index (χ1n) is 9.13. The number of methoxy groups -OCH3 is 2. The molecule has 6 heteroatoms. The lowest BCUT2D eigenvalue weighted by Gasteiger charge is -2.29. The van der Waals surface area contributed by atoms with Crippen LogP contribution in [0.25, 0.3) is 0 Å². The third-order valence-electron chi connectivity index (χ3n) is 5.47. The largest absolute Gasteiger partial charge is 0.497 e. The van der Waals surface area contributed by atoms with E-state index in [0.29, 0.717) is 6.54 Å². The number of amides is 1. The van der Waals surface area contributed by atoms with Crippen LogP contribution in [-0.4, -0.2) is 38.8 Å².